The number of amides is 1. The Bertz CT molecular complexity index is 1070. The molecule has 0 aliphatic rings. The second kappa shape index (κ2) is 9.89. The molecule has 0 atom stereocenters. The van der Waals surface area contributed by atoms with Crippen LogP contribution < -0.4 is 10.1 Å². The zero-order valence-electron chi connectivity index (χ0n) is 17.1. The summed E-state index contributed by atoms with van der Waals surface area (Å²) in [5.41, 5.74) is 3.91. The first kappa shape index (κ1) is 21.3. The normalized spacial score (nSPS) is 11.1. The molecular formula is C24H23NO4S. The van der Waals surface area contributed by atoms with E-state index in [0.29, 0.717) is 17.0 Å². The molecule has 0 radical (unpaired) electrons. The number of rotatable bonds is 7. The summed E-state index contributed by atoms with van der Waals surface area (Å²) in [6, 6.07) is 17.0. The van der Waals surface area contributed by atoms with Crippen molar-refractivity contribution in [3.63, 3.8) is 0 Å². The number of carbonyl (C=O) groups excluding carboxylic acids is 2. The van der Waals surface area contributed by atoms with Crippen LogP contribution in [0.1, 0.15) is 21.6 Å². The van der Waals surface area contributed by atoms with Crippen molar-refractivity contribution in [1.29, 1.82) is 0 Å². The summed E-state index contributed by atoms with van der Waals surface area (Å²) in [5.74, 6) is -0.447. The van der Waals surface area contributed by atoms with E-state index in [1.807, 2.05) is 61.7 Å². The first-order chi connectivity index (χ1) is 14.5. The fraction of sp³-hybridized carbons (Fsp3) is 0.167. The number of aryl methyl sites for hydroxylation is 2. The Hall–Kier alpha value is -3.38. The fourth-order valence-electron chi connectivity index (χ4n) is 2.90. The van der Waals surface area contributed by atoms with E-state index >= 15 is 0 Å². The lowest BCUT2D eigenvalue weighted by atomic mass is 10.1. The largest absolute Gasteiger partial charge is 0.495 e. The van der Waals surface area contributed by atoms with Crippen LogP contribution in [0.15, 0.2) is 60.0 Å². The molecule has 1 N–H and O–H groups in total. The predicted molar refractivity (Wildman–Crippen MR) is 121 cm³/mol. The predicted octanol–water partition coefficient (Wildman–Crippen LogP) is 5.10. The van der Waals surface area contributed by atoms with E-state index in [-0.39, 0.29) is 0 Å². The van der Waals surface area contributed by atoms with Crippen molar-refractivity contribution < 1.29 is 19.1 Å². The van der Waals surface area contributed by atoms with E-state index < -0.39 is 18.5 Å². The number of esters is 1. The minimum atomic E-state index is -0.551. The molecule has 0 bridgehead atoms. The van der Waals surface area contributed by atoms with Crippen LogP contribution in [0.4, 0.5) is 5.69 Å². The quantitative estimate of drug-likeness (QED) is 0.426. The number of carbonyl (C=O) groups is 2. The van der Waals surface area contributed by atoms with Crippen LogP contribution in [0, 0.1) is 13.8 Å². The van der Waals surface area contributed by atoms with Crippen LogP contribution in [-0.2, 0) is 14.3 Å². The molecule has 0 saturated heterocycles. The van der Waals surface area contributed by atoms with Gasteiger partial charge >= 0.3 is 5.97 Å². The van der Waals surface area contributed by atoms with Gasteiger partial charge in [-0.1, -0.05) is 42.0 Å². The number of methoxy groups -OCH3 is 1. The average Bonchev–Trinajstić information content (AvgIpc) is 3.25. The molecule has 0 aliphatic heterocycles. The lowest BCUT2D eigenvalue weighted by molar-refractivity contribution is -0.141. The Morgan fingerprint density at radius 3 is 2.53 bits per heavy atom. The third-order valence-corrected chi connectivity index (χ3v) is 5.23. The Morgan fingerprint density at radius 2 is 1.83 bits per heavy atom. The maximum Gasteiger partial charge on any atom is 0.340 e. The number of benzene rings is 2. The van der Waals surface area contributed by atoms with Gasteiger partial charge in [-0.3, -0.25) is 4.79 Å². The molecule has 6 heteroatoms. The fourth-order valence-corrected chi connectivity index (χ4v) is 3.63. The standard InChI is InChI=1S/C24H23NO4S/c1-16-6-4-7-18(12-16)14-19(22-8-5-11-30-22)24(27)29-15-23(26)25-20-13-17(2)9-10-21(20)28-3/h4-14H,15H2,1-3H3,(H,25,26)/b19-14+. The third kappa shape index (κ3) is 5.58. The molecule has 1 aromatic heterocycles. The highest BCUT2D eigenvalue weighted by Gasteiger charge is 2.17. The van der Waals surface area contributed by atoms with Gasteiger partial charge in [0, 0.05) is 4.88 Å². The van der Waals surface area contributed by atoms with E-state index in [1.54, 1.807) is 18.2 Å². The Labute approximate surface area is 180 Å². The van der Waals surface area contributed by atoms with Crippen LogP contribution >= 0.6 is 11.3 Å². The molecule has 3 rings (SSSR count). The van der Waals surface area contributed by atoms with Crippen molar-refractivity contribution in [1.82, 2.24) is 0 Å². The van der Waals surface area contributed by atoms with E-state index in [4.69, 9.17) is 9.47 Å². The van der Waals surface area contributed by atoms with Crippen LogP contribution in [0.3, 0.4) is 0 Å². The van der Waals surface area contributed by atoms with Gasteiger partial charge in [-0.25, -0.2) is 4.79 Å². The minimum Gasteiger partial charge on any atom is -0.495 e. The van der Waals surface area contributed by atoms with Crippen LogP contribution in [0.25, 0.3) is 11.6 Å². The zero-order chi connectivity index (χ0) is 21.5. The summed E-state index contributed by atoms with van der Waals surface area (Å²) in [6.07, 6.45) is 1.78. The topological polar surface area (TPSA) is 64.6 Å². The van der Waals surface area contributed by atoms with Gasteiger partial charge in [0.05, 0.1) is 18.4 Å². The second-order valence-corrected chi connectivity index (χ2v) is 7.73. The number of thiophene rings is 1. The SMILES string of the molecule is COc1ccc(C)cc1NC(=O)COC(=O)/C(=C/c1cccc(C)c1)c1cccs1. The molecular weight excluding hydrogens is 398 g/mol. The number of nitrogens with one attached hydrogen (secondary N) is 1. The molecule has 30 heavy (non-hydrogen) atoms. The first-order valence-corrected chi connectivity index (χ1v) is 10.3. The van der Waals surface area contributed by atoms with Gasteiger partial charge in [-0.2, -0.15) is 0 Å². The lowest BCUT2D eigenvalue weighted by Gasteiger charge is -2.12. The number of hydrogen-bond acceptors (Lipinski definition) is 5. The zero-order valence-corrected chi connectivity index (χ0v) is 17.9. The molecule has 2 aromatic carbocycles. The molecule has 0 fully saturated rings. The molecule has 154 valence electrons. The summed E-state index contributed by atoms with van der Waals surface area (Å²) >= 11 is 1.44. The molecule has 3 aromatic rings. The van der Waals surface area contributed by atoms with Gasteiger partial charge in [0.15, 0.2) is 6.61 Å². The molecule has 1 amide bonds. The molecule has 0 saturated carbocycles. The van der Waals surface area contributed by atoms with Crippen LogP contribution in [0.5, 0.6) is 5.75 Å². The summed E-state index contributed by atoms with van der Waals surface area (Å²) in [6.45, 7) is 3.51. The summed E-state index contributed by atoms with van der Waals surface area (Å²) in [7, 11) is 1.53. The molecule has 5 nitrogen and oxygen atoms in total. The van der Waals surface area contributed by atoms with Crippen LogP contribution in [-0.4, -0.2) is 25.6 Å². The van der Waals surface area contributed by atoms with Gasteiger partial charge in [0.2, 0.25) is 0 Å². The summed E-state index contributed by atoms with van der Waals surface area (Å²) in [4.78, 5) is 25.9. The van der Waals surface area contributed by atoms with Gasteiger partial charge < -0.3 is 14.8 Å². The Balaban J connectivity index is 1.72. The number of anilines is 1. The van der Waals surface area contributed by atoms with Crippen molar-refractivity contribution in [3.8, 4) is 5.75 Å². The van der Waals surface area contributed by atoms with Crippen molar-refractivity contribution in [2.45, 2.75) is 13.8 Å². The Morgan fingerprint density at radius 1 is 1.03 bits per heavy atom. The second-order valence-electron chi connectivity index (χ2n) is 6.78. The summed E-state index contributed by atoms with van der Waals surface area (Å²) < 4.78 is 10.6. The van der Waals surface area contributed by atoms with Crippen molar-refractivity contribution in [2.75, 3.05) is 19.0 Å². The third-order valence-electron chi connectivity index (χ3n) is 4.32. The van der Waals surface area contributed by atoms with E-state index in [9.17, 15) is 9.59 Å². The number of ether oxygens (including phenoxy) is 2. The van der Waals surface area contributed by atoms with Crippen molar-refractivity contribution in [2.24, 2.45) is 0 Å². The van der Waals surface area contributed by atoms with Gasteiger partial charge in [-0.15, -0.1) is 11.3 Å². The highest BCUT2D eigenvalue weighted by molar-refractivity contribution is 7.11. The van der Waals surface area contributed by atoms with E-state index in [1.165, 1.54) is 18.4 Å². The highest BCUT2D eigenvalue weighted by atomic mass is 32.1. The van der Waals surface area contributed by atoms with E-state index in [0.717, 1.165) is 21.6 Å². The maximum atomic E-state index is 12.8. The van der Waals surface area contributed by atoms with Crippen molar-refractivity contribution >= 4 is 40.5 Å². The maximum absolute atomic E-state index is 12.8. The molecule has 0 unspecified atom stereocenters. The van der Waals surface area contributed by atoms with Gasteiger partial charge in [-0.05, 0) is 54.6 Å². The average molecular weight is 422 g/mol. The molecule has 0 aliphatic carbocycles. The highest BCUT2D eigenvalue weighted by Crippen LogP contribution is 2.26. The smallest absolute Gasteiger partial charge is 0.340 e. The minimum absolute atomic E-state index is 0.396. The molecule has 1 heterocycles. The first-order valence-electron chi connectivity index (χ1n) is 9.40. The van der Waals surface area contributed by atoms with E-state index in [2.05, 4.69) is 5.32 Å². The Kier molecular flexibility index (Phi) is 7.03. The van der Waals surface area contributed by atoms with Gasteiger partial charge in [0.25, 0.3) is 5.91 Å². The lowest BCUT2D eigenvalue weighted by Crippen LogP contribution is -2.21. The number of hydrogen-bond donors (Lipinski definition) is 1. The molecule has 0 spiro atoms. The monoisotopic (exact) mass is 421 g/mol. The van der Waals surface area contributed by atoms with Crippen molar-refractivity contribution in [3.05, 3.63) is 81.5 Å². The van der Waals surface area contributed by atoms with Crippen LogP contribution in [0.2, 0.25) is 0 Å². The van der Waals surface area contributed by atoms with Gasteiger partial charge in [0.1, 0.15) is 5.75 Å². The summed E-state index contributed by atoms with van der Waals surface area (Å²) in [5, 5.41) is 4.62.